The molecule has 1 rings (SSSR count). The van der Waals surface area contributed by atoms with Crippen LogP contribution >= 0.6 is 0 Å². The molecule has 1 amide bonds. The third kappa shape index (κ3) is 5.85. The van der Waals surface area contributed by atoms with E-state index in [1.54, 1.807) is 14.0 Å². The highest BCUT2D eigenvalue weighted by Gasteiger charge is 2.20. The van der Waals surface area contributed by atoms with Crippen LogP contribution in [0.5, 0.6) is 0 Å². The largest absolute Gasteiger partial charge is 0.480 e. The summed E-state index contributed by atoms with van der Waals surface area (Å²) >= 11 is 0. The Kier molecular flexibility index (Phi) is 6.37. The van der Waals surface area contributed by atoms with Crippen LogP contribution in [0.1, 0.15) is 19.8 Å². The van der Waals surface area contributed by atoms with Gasteiger partial charge in [0.2, 0.25) is 5.91 Å². The van der Waals surface area contributed by atoms with Crippen LogP contribution in [0.25, 0.3) is 0 Å². The molecule has 15 heavy (non-hydrogen) atoms. The monoisotopic (exact) mass is 214 g/mol. The lowest BCUT2D eigenvalue weighted by molar-refractivity contribution is -0.139. The van der Waals surface area contributed by atoms with Gasteiger partial charge in [-0.05, 0) is 26.3 Å². The highest BCUT2D eigenvalue weighted by molar-refractivity contribution is 5.91. The molecule has 1 aliphatic rings. The number of carboxylic acid groups (broad SMARTS) is 1. The summed E-state index contributed by atoms with van der Waals surface area (Å²) in [4.78, 5) is 20.4. The van der Waals surface area contributed by atoms with Crippen molar-refractivity contribution in [2.45, 2.75) is 25.8 Å². The molecule has 1 fully saturated rings. The summed E-state index contributed by atoms with van der Waals surface area (Å²) < 4.78 is 0. The molecule has 1 saturated heterocycles. The standard InChI is InChI=1S/C5H9NO2.C5H9NO/c7-5(8)4-2-1-3-6-4;1-4(2)5(7)6-3/h4,6H,1-3H2,(H,7,8);1H2,2-3H3,(H,6,7)/t4-;/m1./s1. The Hall–Kier alpha value is -1.36. The van der Waals surface area contributed by atoms with Gasteiger partial charge in [-0.2, -0.15) is 0 Å². The molecule has 0 radical (unpaired) electrons. The lowest BCUT2D eigenvalue weighted by Crippen LogP contribution is -2.29. The molecule has 5 heteroatoms. The topological polar surface area (TPSA) is 78.4 Å². The van der Waals surface area contributed by atoms with Crippen LogP contribution < -0.4 is 10.6 Å². The van der Waals surface area contributed by atoms with E-state index in [9.17, 15) is 9.59 Å². The SMILES string of the molecule is C=C(C)C(=O)NC.O=C(O)[C@H]1CCCN1. The van der Waals surface area contributed by atoms with Crippen LogP contribution in [-0.4, -0.2) is 36.6 Å². The van der Waals surface area contributed by atoms with Crippen molar-refractivity contribution in [1.82, 2.24) is 10.6 Å². The van der Waals surface area contributed by atoms with E-state index in [1.165, 1.54) is 0 Å². The minimum absolute atomic E-state index is 0.0972. The quantitative estimate of drug-likeness (QED) is 0.571. The first-order valence-corrected chi connectivity index (χ1v) is 4.82. The van der Waals surface area contributed by atoms with Crippen molar-refractivity contribution in [1.29, 1.82) is 0 Å². The molecule has 0 aliphatic carbocycles. The predicted octanol–water partition coefficient (Wildman–Crippen LogP) is 0.132. The highest BCUT2D eigenvalue weighted by atomic mass is 16.4. The Labute approximate surface area is 89.6 Å². The number of likely N-dealkylation sites (N-methyl/N-ethyl adjacent to an activating group) is 1. The molecule has 5 nitrogen and oxygen atoms in total. The molecule has 0 unspecified atom stereocenters. The van der Waals surface area contributed by atoms with Gasteiger partial charge < -0.3 is 15.7 Å². The predicted molar refractivity (Wildman–Crippen MR) is 57.5 cm³/mol. The number of aliphatic carboxylic acids is 1. The maximum absolute atomic E-state index is 10.3. The van der Waals surface area contributed by atoms with Gasteiger partial charge in [-0.15, -0.1) is 0 Å². The Bertz CT molecular complexity index is 245. The average molecular weight is 214 g/mol. The van der Waals surface area contributed by atoms with E-state index in [1.807, 2.05) is 0 Å². The van der Waals surface area contributed by atoms with Crippen LogP contribution in [-0.2, 0) is 9.59 Å². The minimum Gasteiger partial charge on any atom is -0.480 e. The summed E-state index contributed by atoms with van der Waals surface area (Å²) in [5.74, 6) is -0.817. The molecule has 86 valence electrons. The highest BCUT2D eigenvalue weighted by Crippen LogP contribution is 2.03. The van der Waals surface area contributed by atoms with E-state index >= 15 is 0 Å². The molecule has 0 aromatic rings. The normalized spacial score (nSPS) is 18.7. The zero-order valence-corrected chi connectivity index (χ0v) is 9.17. The lowest BCUT2D eigenvalue weighted by Gasteiger charge is -1.99. The molecule has 0 aromatic carbocycles. The Morgan fingerprint density at radius 2 is 2.13 bits per heavy atom. The van der Waals surface area contributed by atoms with Crippen molar-refractivity contribution >= 4 is 11.9 Å². The van der Waals surface area contributed by atoms with Gasteiger partial charge in [-0.25, -0.2) is 0 Å². The van der Waals surface area contributed by atoms with Gasteiger partial charge in [0.05, 0.1) is 0 Å². The van der Waals surface area contributed by atoms with Gasteiger partial charge in [0.15, 0.2) is 0 Å². The van der Waals surface area contributed by atoms with E-state index in [4.69, 9.17) is 5.11 Å². The van der Waals surface area contributed by atoms with E-state index in [2.05, 4.69) is 17.2 Å². The molecular weight excluding hydrogens is 196 g/mol. The van der Waals surface area contributed by atoms with E-state index < -0.39 is 5.97 Å². The second kappa shape index (κ2) is 7.00. The van der Waals surface area contributed by atoms with Gasteiger partial charge in [0.1, 0.15) is 6.04 Å². The summed E-state index contributed by atoms with van der Waals surface area (Å²) in [6, 6.07) is -0.269. The smallest absolute Gasteiger partial charge is 0.320 e. The minimum atomic E-state index is -0.720. The summed E-state index contributed by atoms with van der Waals surface area (Å²) in [7, 11) is 1.58. The number of carboxylic acids is 1. The Morgan fingerprint density at radius 3 is 2.27 bits per heavy atom. The molecule has 3 N–H and O–H groups in total. The number of nitrogens with one attached hydrogen (secondary N) is 2. The van der Waals surface area contributed by atoms with Crippen molar-refractivity contribution in [3.05, 3.63) is 12.2 Å². The summed E-state index contributed by atoms with van der Waals surface area (Å²) in [5, 5.41) is 13.6. The lowest BCUT2D eigenvalue weighted by atomic mass is 10.2. The Balaban J connectivity index is 0.000000265. The molecule has 0 saturated carbocycles. The fraction of sp³-hybridized carbons (Fsp3) is 0.600. The van der Waals surface area contributed by atoms with Crippen LogP contribution in [0.2, 0.25) is 0 Å². The molecule has 0 aromatic heterocycles. The maximum Gasteiger partial charge on any atom is 0.320 e. The Morgan fingerprint density at radius 1 is 1.53 bits per heavy atom. The molecular formula is C10H18N2O3. The van der Waals surface area contributed by atoms with E-state index in [0.29, 0.717) is 5.57 Å². The number of rotatable bonds is 2. The summed E-state index contributed by atoms with van der Waals surface area (Å²) in [6.07, 6.45) is 1.78. The van der Waals surface area contributed by atoms with Crippen molar-refractivity contribution in [2.24, 2.45) is 0 Å². The number of carbonyl (C=O) groups excluding carboxylic acids is 1. The van der Waals surface area contributed by atoms with Gasteiger partial charge in [0, 0.05) is 12.6 Å². The van der Waals surface area contributed by atoms with Gasteiger partial charge in [0.25, 0.3) is 0 Å². The third-order valence-corrected chi connectivity index (χ3v) is 1.97. The van der Waals surface area contributed by atoms with E-state index in [0.717, 1.165) is 19.4 Å². The van der Waals surface area contributed by atoms with Crippen LogP contribution in [0.3, 0.4) is 0 Å². The van der Waals surface area contributed by atoms with Gasteiger partial charge in [-0.3, -0.25) is 9.59 Å². The van der Waals surface area contributed by atoms with Gasteiger partial charge in [-0.1, -0.05) is 6.58 Å². The number of hydrogen-bond acceptors (Lipinski definition) is 3. The third-order valence-electron chi connectivity index (χ3n) is 1.97. The maximum atomic E-state index is 10.3. The van der Waals surface area contributed by atoms with Crippen molar-refractivity contribution in [3.8, 4) is 0 Å². The number of hydrogen-bond donors (Lipinski definition) is 3. The average Bonchev–Trinajstić information content (AvgIpc) is 2.70. The first kappa shape index (κ1) is 13.6. The first-order valence-electron chi connectivity index (χ1n) is 4.82. The van der Waals surface area contributed by atoms with Gasteiger partial charge >= 0.3 is 5.97 Å². The molecule has 1 heterocycles. The van der Waals surface area contributed by atoms with E-state index in [-0.39, 0.29) is 11.9 Å². The molecule has 1 atom stereocenters. The van der Waals surface area contributed by atoms with Crippen LogP contribution in [0.4, 0.5) is 0 Å². The summed E-state index contributed by atoms with van der Waals surface area (Å²) in [6.45, 7) is 5.94. The number of amides is 1. The van der Waals surface area contributed by atoms with Crippen molar-refractivity contribution in [2.75, 3.05) is 13.6 Å². The van der Waals surface area contributed by atoms with Crippen molar-refractivity contribution < 1.29 is 14.7 Å². The fourth-order valence-corrected chi connectivity index (χ4v) is 1.11. The molecule has 1 aliphatic heterocycles. The van der Waals surface area contributed by atoms with Crippen LogP contribution in [0, 0.1) is 0 Å². The summed E-state index contributed by atoms with van der Waals surface area (Å²) in [5.41, 5.74) is 0.544. The second-order valence-corrected chi connectivity index (χ2v) is 3.35. The zero-order chi connectivity index (χ0) is 11.8. The first-order chi connectivity index (χ1) is 6.99. The molecule has 0 spiro atoms. The molecule has 0 bridgehead atoms. The number of carbonyl (C=O) groups is 2. The fourth-order valence-electron chi connectivity index (χ4n) is 1.11. The van der Waals surface area contributed by atoms with Crippen LogP contribution in [0.15, 0.2) is 12.2 Å². The second-order valence-electron chi connectivity index (χ2n) is 3.35. The zero-order valence-electron chi connectivity index (χ0n) is 9.17. The van der Waals surface area contributed by atoms with Crippen molar-refractivity contribution in [3.63, 3.8) is 0 Å².